The van der Waals surface area contributed by atoms with Crippen molar-refractivity contribution in [3.63, 3.8) is 0 Å². The summed E-state index contributed by atoms with van der Waals surface area (Å²) in [4.78, 5) is 24.6. The van der Waals surface area contributed by atoms with Crippen LogP contribution in [0, 0.1) is 6.92 Å². The Hall–Kier alpha value is -3.85. The summed E-state index contributed by atoms with van der Waals surface area (Å²) in [6, 6.07) is 16.0. The molecule has 5 aromatic rings. The fraction of sp³-hybridized carbons (Fsp3) is 0.208. The van der Waals surface area contributed by atoms with Gasteiger partial charge in [0.1, 0.15) is 6.33 Å². The first-order chi connectivity index (χ1) is 16.0. The van der Waals surface area contributed by atoms with Gasteiger partial charge >= 0.3 is 0 Å². The normalized spacial score (nSPS) is 11.4. The molecule has 0 aliphatic carbocycles. The molecule has 166 valence electrons. The number of nitrogens with zero attached hydrogens (tertiary/aromatic N) is 6. The monoisotopic (exact) mass is 457 g/mol. The molecular weight excluding hydrogens is 434 g/mol. The molecule has 4 aromatic heterocycles. The molecule has 0 aliphatic rings. The Morgan fingerprint density at radius 3 is 2.70 bits per heavy atom. The SMILES string of the molecule is Cc1ccc(-c2cc(C(=O)Nc3ncn(Cc4ccccc4)n3)c3cnn(C(C)C)c3n2)s1. The zero-order valence-corrected chi connectivity index (χ0v) is 19.4. The number of nitrogens with one attached hydrogen (secondary N) is 1. The number of carbonyl (C=O) groups excluding carboxylic acids is 1. The van der Waals surface area contributed by atoms with Crippen LogP contribution >= 0.6 is 11.3 Å². The van der Waals surface area contributed by atoms with Crippen molar-refractivity contribution >= 4 is 34.2 Å². The Morgan fingerprint density at radius 2 is 1.97 bits per heavy atom. The third-order valence-electron chi connectivity index (χ3n) is 5.24. The van der Waals surface area contributed by atoms with E-state index in [0.29, 0.717) is 23.1 Å². The minimum Gasteiger partial charge on any atom is -0.289 e. The number of anilines is 1. The predicted octanol–water partition coefficient (Wildman–Crippen LogP) is 4.94. The highest BCUT2D eigenvalue weighted by Gasteiger charge is 2.20. The van der Waals surface area contributed by atoms with Gasteiger partial charge in [0.15, 0.2) is 5.65 Å². The van der Waals surface area contributed by atoms with E-state index in [4.69, 9.17) is 4.98 Å². The van der Waals surface area contributed by atoms with Crippen molar-refractivity contribution < 1.29 is 4.79 Å². The first-order valence-electron chi connectivity index (χ1n) is 10.7. The van der Waals surface area contributed by atoms with E-state index in [2.05, 4.69) is 33.5 Å². The lowest BCUT2D eigenvalue weighted by Crippen LogP contribution is -2.15. The van der Waals surface area contributed by atoms with E-state index in [0.717, 1.165) is 16.1 Å². The lowest BCUT2D eigenvalue weighted by Gasteiger charge is -2.09. The van der Waals surface area contributed by atoms with Crippen molar-refractivity contribution in [1.29, 1.82) is 0 Å². The number of benzene rings is 1. The molecule has 0 fully saturated rings. The Balaban J connectivity index is 1.48. The van der Waals surface area contributed by atoms with Crippen LogP contribution in [-0.2, 0) is 6.54 Å². The van der Waals surface area contributed by atoms with E-state index in [9.17, 15) is 4.79 Å². The molecule has 1 amide bonds. The second-order valence-electron chi connectivity index (χ2n) is 8.09. The van der Waals surface area contributed by atoms with Gasteiger partial charge in [0.25, 0.3) is 5.91 Å². The summed E-state index contributed by atoms with van der Waals surface area (Å²) in [5.41, 5.74) is 3.03. The number of pyridine rings is 1. The maximum absolute atomic E-state index is 13.3. The number of amides is 1. The summed E-state index contributed by atoms with van der Waals surface area (Å²) in [7, 11) is 0. The minimum absolute atomic E-state index is 0.113. The van der Waals surface area contributed by atoms with Gasteiger partial charge in [-0.3, -0.25) is 10.1 Å². The molecule has 0 unspecified atom stereocenters. The van der Waals surface area contributed by atoms with Crippen LogP contribution in [-0.4, -0.2) is 35.4 Å². The molecule has 4 heterocycles. The van der Waals surface area contributed by atoms with E-state index < -0.39 is 0 Å². The van der Waals surface area contributed by atoms with Crippen LogP contribution in [0.3, 0.4) is 0 Å². The average molecular weight is 458 g/mol. The first-order valence-corrected chi connectivity index (χ1v) is 11.5. The smallest absolute Gasteiger partial charge is 0.258 e. The van der Waals surface area contributed by atoms with Crippen LogP contribution in [0.4, 0.5) is 5.95 Å². The van der Waals surface area contributed by atoms with Crippen LogP contribution in [0.2, 0.25) is 0 Å². The molecule has 0 spiro atoms. The summed E-state index contributed by atoms with van der Waals surface area (Å²) in [6.45, 7) is 6.71. The molecule has 8 nitrogen and oxygen atoms in total. The largest absolute Gasteiger partial charge is 0.289 e. The number of carbonyl (C=O) groups is 1. The third kappa shape index (κ3) is 4.27. The van der Waals surface area contributed by atoms with E-state index in [1.165, 1.54) is 4.88 Å². The Kier molecular flexibility index (Phi) is 5.47. The highest BCUT2D eigenvalue weighted by atomic mass is 32.1. The van der Waals surface area contributed by atoms with Crippen LogP contribution in [0.15, 0.2) is 61.1 Å². The van der Waals surface area contributed by atoms with Gasteiger partial charge in [0.2, 0.25) is 5.95 Å². The van der Waals surface area contributed by atoms with Crippen molar-refractivity contribution in [2.45, 2.75) is 33.4 Å². The fourth-order valence-electron chi connectivity index (χ4n) is 3.65. The fourth-order valence-corrected chi connectivity index (χ4v) is 4.48. The van der Waals surface area contributed by atoms with Crippen LogP contribution in [0.25, 0.3) is 21.6 Å². The van der Waals surface area contributed by atoms with Gasteiger partial charge in [-0.1, -0.05) is 30.3 Å². The van der Waals surface area contributed by atoms with Gasteiger partial charge in [-0.2, -0.15) is 5.10 Å². The van der Waals surface area contributed by atoms with Gasteiger partial charge < -0.3 is 0 Å². The Bertz CT molecular complexity index is 1430. The van der Waals surface area contributed by atoms with Crippen molar-refractivity contribution in [1.82, 2.24) is 29.5 Å². The predicted molar refractivity (Wildman–Crippen MR) is 129 cm³/mol. The van der Waals surface area contributed by atoms with Gasteiger partial charge in [0, 0.05) is 10.9 Å². The molecule has 0 atom stereocenters. The first kappa shape index (κ1) is 21.0. The maximum Gasteiger partial charge on any atom is 0.258 e. The number of hydrogen-bond acceptors (Lipinski definition) is 6. The Morgan fingerprint density at radius 1 is 1.15 bits per heavy atom. The van der Waals surface area contributed by atoms with E-state index >= 15 is 0 Å². The highest BCUT2D eigenvalue weighted by Crippen LogP contribution is 2.30. The van der Waals surface area contributed by atoms with Gasteiger partial charge in [-0.15, -0.1) is 16.4 Å². The minimum atomic E-state index is -0.294. The van der Waals surface area contributed by atoms with Crippen molar-refractivity contribution in [2.24, 2.45) is 0 Å². The number of aryl methyl sites for hydroxylation is 1. The number of aromatic nitrogens is 6. The summed E-state index contributed by atoms with van der Waals surface area (Å²) in [5.74, 6) is -0.0386. The number of thiophene rings is 1. The van der Waals surface area contributed by atoms with Crippen molar-refractivity contribution in [3.8, 4) is 10.6 Å². The average Bonchev–Trinajstić information content (AvgIpc) is 3.53. The molecule has 0 saturated heterocycles. The van der Waals surface area contributed by atoms with Crippen LogP contribution in [0.1, 0.15) is 40.7 Å². The van der Waals surface area contributed by atoms with Crippen molar-refractivity contribution in [3.05, 3.63) is 77.1 Å². The quantitative estimate of drug-likeness (QED) is 0.390. The molecule has 5 rings (SSSR count). The molecule has 0 saturated carbocycles. The number of hydrogen-bond donors (Lipinski definition) is 1. The number of rotatable bonds is 6. The second-order valence-corrected chi connectivity index (χ2v) is 9.38. The van der Waals surface area contributed by atoms with E-state index in [-0.39, 0.29) is 17.9 Å². The lowest BCUT2D eigenvalue weighted by molar-refractivity contribution is 0.102. The molecule has 0 bridgehead atoms. The zero-order valence-electron chi connectivity index (χ0n) is 18.6. The molecular formula is C24H23N7OS. The summed E-state index contributed by atoms with van der Waals surface area (Å²) < 4.78 is 3.53. The van der Waals surface area contributed by atoms with Gasteiger partial charge in [0.05, 0.1) is 34.3 Å². The highest BCUT2D eigenvalue weighted by molar-refractivity contribution is 7.15. The number of fused-ring (bicyclic) bond motifs is 1. The van der Waals surface area contributed by atoms with E-state index in [1.54, 1.807) is 28.5 Å². The van der Waals surface area contributed by atoms with Crippen LogP contribution < -0.4 is 5.32 Å². The van der Waals surface area contributed by atoms with E-state index in [1.807, 2.05) is 61.0 Å². The molecule has 9 heteroatoms. The standard InChI is InChI=1S/C24H23N7OS/c1-15(2)31-22-19(12-26-31)18(11-20(27-22)21-10-9-16(3)33-21)23(32)28-24-25-14-30(29-24)13-17-7-5-4-6-8-17/h4-12,14-15H,13H2,1-3H3,(H,28,29,32). The van der Waals surface area contributed by atoms with Crippen LogP contribution in [0.5, 0.6) is 0 Å². The van der Waals surface area contributed by atoms with Gasteiger partial charge in [-0.05, 0) is 44.5 Å². The molecule has 1 N–H and O–H groups in total. The second kappa shape index (κ2) is 8.59. The summed E-state index contributed by atoms with van der Waals surface area (Å²) in [5, 5.41) is 12.4. The molecule has 1 aromatic carbocycles. The summed E-state index contributed by atoms with van der Waals surface area (Å²) in [6.07, 6.45) is 3.31. The molecule has 33 heavy (non-hydrogen) atoms. The topological polar surface area (TPSA) is 90.5 Å². The maximum atomic E-state index is 13.3. The third-order valence-corrected chi connectivity index (χ3v) is 6.27. The van der Waals surface area contributed by atoms with Crippen molar-refractivity contribution in [2.75, 3.05) is 5.32 Å². The lowest BCUT2D eigenvalue weighted by atomic mass is 10.1. The van der Waals surface area contributed by atoms with Gasteiger partial charge in [-0.25, -0.2) is 19.3 Å². The molecule has 0 radical (unpaired) electrons. The molecule has 0 aliphatic heterocycles. The zero-order chi connectivity index (χ0) is 22.9. The Labute approximate surface area is 194 Å². The summed E-state index contributed by atoms with van der Waals surface area (Å²) >= 11 is 1.64.